The molecule has 0 spiro atoms. The molecule has 0 bridgehead atoms. The minimum Gasteiger partial charge on any atom is -0.508 e. The number of phenolic OH excluding ortho intramolecular Hbond substituents is 1. The van der Waals surface area contributed by atoms with Crippen LogP contribution in [-0.2, 0) is 10.0 Å². The summed E-state index contributed by atoms with van der Waals surface area (Å²) in [5, 5.41) is 22.7. The number of nitrogens with zero attached hydrogens (tertiary/aromatic N) is 3. The van der Waals surface area contributed by atoms with E-state index >= 15 is 0 Å². The lowest BCUT2D eigenvalue weighted by Crippen LogP contribution is -2.10. The molecule has 0 radical (unpaired) electrons. The number of aromatic hydroxyl groups is 1. The van der Waals surface area contributed by atoms with Crippen LogP contribution in [0.1, 0.15) is 0 Å². The topological polar surface area (TPSA) is 103 Å². The molecule has 104 valence electrons. The SMILES string of the molecule is O=S(=O)(N=NC=C1C=CC=CN1O)c1ccc(O)cc1. The Labute approximate surface area is 115 Å². The minimum atomic E-state index is -3.93. The Morgan fingerprint density at radius 2 is 1.85 bits per heavy atom. The highest BCUT2D eigenvalue weighted by Gasteiger charge is 2.12. The molecular formula is C12H11N3O4S. The summed E-state index contributed by atoms with van der Waals surface area (Å²) < 4.78 is 26.8. The first-order valence-electron chi connectivity index (χ1n) is 5.48. The smallest absolute Gasteiger partial charge is 0.299 e. The molecule has 1 aliphatic rings. The second-order valence-electron chi connectivity index (χ2n) is 3.77. The number of hydrogen-bond donors (Lipinski definition) is 2. The van der Waals surface area contributed by atoms with Crippen LogP contribution < -0.4 is 0 Å². The van der Waals surface area contributed by atoms with E-state index < -0.39 is 10.0 Å². The molecule has 8 heteroatoms. The molecule has 1 aromatic carbocycles. The van der Waals surface area contributed by atoms with E-state index in [2.05, 4.69) is 9.63 Å². The van der Waals surface area contributed by atoms with Crippen LogP contribution in [0, 0.1) is 0 Å². The third kappa shape index (κ3) is 3.31. The van der Waals surface area contributed by atoms with Crippen LogP contribution in [0.15, 0.2) is 75.1 Å². The molecule has 2 rings (SSSR count). The second-order valence-corrected chi connectivity index (χ2v) is 5.35. The van der Waals surface area contributed by atoms with Gasteiger partial charge in [-0.2, -0.15) is 8.42 Å². The third-order valence-electron chi connectivity index (χ3n) is 2.35. The maximum absolute atomic E-state index is 11.8. The summed E-state index contributed by atoms with van der Waals surface area (Å²) in [4.78, 5) is -0.0858. The zero-order chi connectivity index (χ0) is 14.6. The lowest BCUT2D eigenvalue weighted by molar-refractivity contribution is -0.000512. The Balaban J connectivity index is 2.18. The van der Waals surface area contributed by atoms with Crippen molar-refractivity contribution in [2.45, 2.75) is 4.90 Å². The molecule has 0 fully saturated rings. The molecule has 1 aromatic rings. The van der Waals surface area contributed by atoms with E-state index in [1.807, 2.05) is 0 Å². The zero-order valence-corrected chi connectivity index (χ0v) is 11.0. The van der Waals surface area contributed by atoms with Crippen molar-refractivity contribution < 1.29 is 18.7 Å². The summed E-state index contributed by atoms with van der Waals surface area (Å²) >= 11 is 0. The van der Waals surface area contributed by atoms with E-state index in [1.54, 1.807) is 12.2 Å². The van der Waals surface area contributed by atoms with Crippen LogP contribution in [-0.4, -0.2) is 23.8 Å². The van der Waals surface area contributed by atoms with Crippen molar-refractivity contribution in [3.63, 3.8) is 0 Å². The highest BCUT2D eigenvalue weighted by Crippen LogP contribution is 2.17. The summed E-state index contributed by atoms with van der Waals surface area (Å²) in [6, 6.07) is 4.92. The monoisotopic (exact) mass is 293 g/mol. The number of allylic oxidation sites excluding steroid dienone is 3. The predicted octanol–water partition coefficient (Wildman–Crippen LogP) is 2.15. The second kappa shape index (κ2) is 5.68. The standard InChI is InChI=1S/C12H11N3O4S/c16-11-4-6-12(7-5-11)20(18,19)14-13-9-10-3-1-2-8-15(10)17/h1-9,16-17H. The first-order chi connectivity index (χ1) is 9.49. The van der Waals surface area contributed by atoms with Crippen LogP contribution in [0.4, 0.5) is 0 Å². The van der Waals surface area contributed by atoms with E-state index in [4.69, 9.17) is 5.11 Å². The molecule has 0 unspecified atom stereocenters. The van der Waals surface area contributed by atoms with E-state index in [1.165, 1.54) is 36.5 Å². The molecule has 0 saturated heterocycles. The summed E-state index contributed by atoms with van der Waals surface area (Å²) in [6.45, 7) is 0. The van der Waals surface area contributed by atoms with Crippen LogP contribution in [0.3, 0.4) is 0 Å². The molecule has 0 aliphatic carbocycles. The van der Waals surface area contributed by atoms with E-state index in [-0.39, 0.29) is 16.3 Å². The molecule has 0 saturated carbocycles. The van der Waals surface area contributed by atoms with E-state index in [0.717, 1.165) is 11.3 Å². The zero-order valence-electron chi connectivity index (χ0n) is 10.2. The Bertz CT molecular complexity index is 703. The highest BCUT2D eigenvalue weighted by atomic mass is 32.2. The number of hydrogen-bond acceptors (Lipinski definition) is 6. The maximum Gasteiger partial charge on any atom is 0.299 e. The van der Waals surface area contributed by atoms with Gasteiger partial charge in [0, 0.05) is 6.20 Å². The van der Waals surface area contributed by atoms with Gasteiger partial charge in [-0.25, -0.2) is 5.06 Å². The van der Waals surface area contributed by atoms with Gasteiger partial charge in [0.2, 0.25) is 0 Å². The van der Waals surface area contributed by atoms with Gasteiger partial charge in [0.1, 0.15) is 5.75 Å². The fourth-order valence-electron chi connectivity index (χ4n) is 1.36. The quantitative estimate of drug-likeness (QED) is 0.831. The molecule has 2 N–H and O–H groups in total. The average molecular weight is 293 g/mol. The number of benzene rings is 1. The lowest BCUT2D eigenvalue weighted by Gasteiger charge is -2.13. The number of hydroxylamine groups is 2. The first kappa shape index (κ1) is 14.0. The first-order valence-corrected chi connectivity index (χ1v) is 6.92. The molecule has 1 heterocycles. The van der Waals surface area contributed by atoms with Gasteiger partial charge < -0.3 is 5.11 Å². The summed E-state index contributed by atoms with van der Waals surface area (Å²) in [5.41, 5.74) is 0.275. The van der Waals surface area contributed by atoms with Crippen molar-refractivity contribution in [2.24, 2.45) is 9.63 Å². The Hall–Kier alpha value is -2.45. The average Bonchev–Trinajstić information content (AvgIpc) is 2.41. The van der Waals surface area contributed by atoms with Gasteiger partial charge in [0.05, 0.1) is 16.8 Å². The Morgan fingerprint density at radius 1 is 1.15 bits per heavy atom. The fourth-order valence-corrected chi connectivity index (χ4v) is 2.11. The van der Waals surface area contributed by atoms with Crippen LogP contribution in [0.5, 0.6) is 5.75 Å². The summed E-state index contributed by atoms with van der Waals surface area (Å²) in [7, 11) is -3.93. The van der Waals surface area contributed by atoms with Crippen LogP contribution in [0.2, 0.25) is 0 Å². The molecule has 7 nitrogen and oxygen atoms in total. The summed E-state index contributed by atoms with van der Waals surface area (Å²) in [5.74, 6) is -0.0435. The fraction of sp³-hybridized carbons (Fsp3) is 0. The predicted molar refractivity (Wildman–Crippen MR) is 70.1 cm³/mol. The minimum absolute atomic E-state index is 0.0435. The largest absolute Gasteiger partial charge is 0.508 e. The van der Waals surface area contributed by atoms with Gasteiger partial charge in [-0.05, 0) is 36.4 Å². The highest BCUT2D eigenvalue weighted by molar-refractivity contribution is 7.90. The molecule has 0 aromatic heterocycles. The Kier molecular flexibility index (Phi) is 3.97. The number of sulfonamides is 1. The van der Waals surface area contributed by atoms with Crippen molar-refractivity contribution in [3.05, 3.63) is 60.6 Å². The molecule has 20 heavy (non-hydrogen) atoms. The van der Waals surface area contributed by atoms with Crippen molar-refractivity contribution in [2.75, 3.05) is 0 Å². The van der Waals surface area contributed by atoms with Gasteiger partial charge in [0.15, 0.2) is 0 Å². The van der Waals surface area contributed by atoms with Gasteiger partial charge in [-0.1, -0.05) is 10.6 Å². The van der Waals surface area contributed by atoms with Gasteiger partial charge in [0.25, 0.3) is 10.0 Å². The van der Waals surface area contributed by atoms with Crippen molar-refractivity contribution in [1.29, 1.82) is 0 Å². The van der Waals surface area contributed by atoms with E-state index in [0.29, 0.717) is 0 Å². The maximum atomic E-state index is 11.8. The Morgan fingerprint density at radius 3 is 2.50 bits per heavy atom. The van der Waals surface area contributed by atoms with Crippen molar-refractivity contribution in [3.8, 4) is 5.75 Å². The molecular weight excluding hydrogens is 282 g/mol. The van der Waals surface area contributed by atoms with Gasteiger partial charge in [-0.3, -0.25) is 5.21 Å². The third-order valence-corrected chi connectivity index (χ3v) is 3.53. The number of rotatable bonds is 3. The van der Waals surface area contributed by atoms with Crippen LogP contribution in [0.25, 0.3) is 0 Å². The van der Waals surface area contributed by atoms with E-state index in [9.17, 15) is 13.6 Å². The van der Waals surface area contributed by atoms with Crippen molar-refractivity contribution in [1.82, 2.24) is 5.06 Å². The summed E-state index contributed by atoms with van der Waals surface area (Å²) in [6.07, 6.45) is 7.27. The normalized spacial score (nSPS) is 17.2. The van der Waals surface area contributed by atoms with Crippen molar-refractivity contribution >= 4 is 10.0 Å². The molecule has 0 amide bonds. The lowest BCUT2D eigenvalue weighted by atomic mass is 10.3. The number of phenols is 1. The van der Waals surface area contributed by atoms with Gasteiger partial charge >= 0.3 is 0 Å². The molecule has 0 atom stereocenters. The van der Waals surface area contributed by atoms with Gasteiger partial charge in [-0.15, -0.1) is 5.11 Å². The molecule has 1 aliphatic heterocycles. The van der Waals surface area contributed by atoms with Crippen LogP contribution >= 0.6 is 0 Å².